The maximum absolute atomic E-state index is 13.5. The van der Waals surface area contributed by atoms with Crippen LogP contribution < -0.4 is 19.3 Å². The molecule has 0 saturated carbocycles. The molecule has 1 N–H and O–H groups in total. The van der Waals surface area contributed by atoms with Crippen LogP contribution in [-0.4, -0.2) is 57.2 Å². The number of ketones is 1. The number of anilines is 2. The van der Waals surface area contributed by atoms with Crippen LogP contribution in [0.2, 0.25) is 0 Å². The van der Waals surface area contributed by atoms with Gasteiger partial charge in [-0.05, 0) is 54.1 Å². The van der Waals surface area contributed by atoms with Gasteiger partial charge in [-0.25, -0.2) is 4.79 Å². The largest absolute Gasteiger partial charge is 0.507 e. The molecule has 0 spiro atoms. The van der Waals surface area contributed by atoms with Gasteiger partial charge in [-0.1, -0.05) is 18.2 Å². The highest BCUT2D eigenvalue weighted by atomic mass is 16.5. The van der Waals surface area contributed by atoms with Crippen molar-refractivity contribution < 1.29 is 33.7 Å². The van der Waals surface area contributed by atoms with Crippen LogP contribution >= 0.6 is 0 Å². The van der Waals surface area contributed by atoms with Gasteiger partial charge in [0.1, 0.15) is 23.9 Å². The molecule has 1 fully saturated rings. The lowest BCUT2D eigenvalue weighted by Gasteiger charge is -2.28. The third-order valence-corrected chi connectivity index (χ3v) is 6.75. The molecule has 0 bridgehead atoms. The number of hydrogen-bond donors (Lipinski definition) is 1. The zero-order chi connectivity index (χ0) is 27.0. The summed E-state index contributed by atoms with van der Waals surface area (Å²) in [5.74, 6) is -1.29. The first-order valence-electron chi connectivity index (χ1n) is 12.0. The van der Waals surface area contributed by atoms with Crippen LogP contribution in [0, 0.1) is 0 Å². The number of carbonyl (C=O) groups excluding carboxylic acids is 3. The minimum atomic E-state index is -0.959. The summed E-state index contributed by atoms with van der Waals surface area (Å²) in [6.45, 7) is 1.21. The molecule has 5 rings (SSSR count). The lowest BCUT2D eigenvalue weighted by molar-refractivity contribution is -0.132. The Morgan fingerprint density at radius 3 is 2.47 bits per heavy atom. The fraction of sp³-hybridized carbons (Fsp3) is 0.207. The maximum atomic E-state index is 13.5. The number of esters is 1. The number of likely N-dealkylation sites (N-methyl/N-ethyl adjacent to an activating group) is 1. The second kappa shape index (κ2) is 9.93. The van der Waals surface area contributed by atoms with Gasteiger partial charge in [0.15, 0.2) is 0 Å². The third-order valence-electron chi connectivity index (χ3n) is 6.75. The summed E-state index contributed by atoms with van der Waals surface area (Å²) in [6.07, 6.45) is 0. The Labute approximate surface area is 219 Å². The zero-order valence-electron chi connectivity index (χ0n) is 21.1. The Hall–Kier alpha value is -4.79. The molecule has 194 valence electrons. The zero-order valence-corrected chi connectivity index (χ0v) is 21.1. The number of aliphatic hydroxyl groups excluding tert-OH is 1. The molecule has 0 aromatic heterocycles. The molecule has 9 heteroatoms. The van der Waals surface area contributed by atoms with E-state index in [4.69, 9.17) is 14.2 Å². The van der Waals surface area contributed by atoms with Gasteiger partial charge in [0.25, 0.3) is 11.7 Å². The van der Waals surface area contributed by atoms with Crippen molar-refractivity contribution in [2.45, 2.75) is 6.04 Å². The van der Waals surface area contributed by atoms with Gasteiger partial charge >= 0.3 is 5.97 Å². The van der Waals surface area contributed by atoms with Crippen LogP contribution in [0.5, 0.6) is 11.5 Å². The van der Waals surface area contributed by atoms with Crippen molar-refractivity contribution in [3.8, 4) is 11.5 Å². The van der Waals surface area contributed by atoms with E-state index in [1.54, 1.807) is 60.7 Å². The molecule has 2 heterocycles. The van der Waals surface area contributed by atoms with Crippen LogP contribution in [0.15, 0.2) is 72.3 Å². The molecule has 1 atom stereocenters. The number of fused-ring (bicyclic) bond motifs is 1. The highest BCUT2D eigenvalue weighted by Gasteiger charge is 2.47. The standard InChI is InChI=1S/C29H26N2O7/c1-30-13-14-38-23-12-9-18(16-22(23)30)26(32)24-25(17-7-10-21(36-2)11-8-17)31(28(34)27(24)33)20-6-4-5-19(15-20)29(35)37-3/h4-12,15-16,25,32H,13-14H2,1-3H3/b26-24-. The molecule has 2 aliphatic heterocycles. The van der Waals surface area contributed by atoms with Gasteiger partial charge in [-0.3, -0.25) is 14.5 Å². The van der Waals surface area contributed by atoms with Crippen molar-refractivity contribution in [1.82, 2.24) is 0 Å². The van der Waals surface area contributed by atoms with Gasteiger partial charge in [0, 0.05) is 18.3 Å². The fourth-order valence-electron chi connectivity index (χ4n) is 4.75. The monoisotopic (exact) mass is 514 g/mol. The Bertz CT molecular complexity index is 1460. The number of ether oxygens (including phenoxy) is 3. The van der Waals surface area contributed by atoms with Crippen molar-refractivity contribution in [3.63, 3.8) is 0 Å². The van der Waals surface area contributed by atoms with Gasteiger partial charge in [-0.2, -0.15) is 0 Å². The average molecular weight is 515 g/mol. The smallest absolute Gasteiger partial charge is 0.337 e. The predicted octanol–water partition coefficient (Wildman–Crippen LogP) is 3.94. The molecule has 0 aliphatic carbocycles. The second-order valence-electron chi connectivity index (χ2n) is 8.94. The summed E-state index contributed by atoms with van der Waals surface area (Å²) in [5, 5.41) is 11.5. The highest BCUT2D eigenvalue weighted by Crippen LogP contribution is 2.43. The number of hydrogen-bond acceptors (Lipinski definition) is 8. The number of nitrogens with zero attached hydrogens (tertiary/aromatic N) is 2. The van der Waals surface area contributed by atoms with Crippen molar-refractivity contribution in [3.05, 3.63) is 89.0 Å². The molecule has 1 amide bonds. The van der Waals surface area contributed by atoms with E-state index in [0.717, 1.165) is 5.69 Å². The Balaban J connectivity index is 1.69. The van der Waals surface area contributed by atoms with Crippen molar-refractivity contribution in [2.75, 3.05) is 44.2 Å². The number of aliphatic hydroxyl groups is 1. The number of carbonyl (C=O) groups is 3. The van der Waals surface area contributed by atoms with Gasteiger partial charge in [0.05, 0.1) is 43.6 Å². The van der Waals surface area contributed by atoms with Gasteiger partial charge < -0.3 is 24.2 Å². The van der Waals surface area contributed by atoms with Gasteiger partial charge in [0.2, 0.25) is 0 Å². The molecular formula is C29H26N2O7. The van der Waals surface area contributed by atoms with Crippen LogP contribution in [-0.2, 0) is 14.3 Å². The summed E-state index contributed by atoms with van der Waals surface area (Å²) < 4.78 is 15.8. The number of benzene rings is 3. The molecule has 1 unspecified atom stereocenters. The normalized spacial score (nSPS) is 18.1. The SMILES string of the molecule is COC(=O)c1cccc(N2C(=O)C(=O)/C(=C(\O)c3ccc4c(c3)N(C)CCO4)C2c2ccc(OC)cc2)c1. The topological polar surface area (TPSA) is 106 Å². The van der Waals surface area contributed by atoms with E-state index in [9.17, 15) is 19.5 Å². The Morgan fingerprint density at radius 1 is 1.00 bits per heavy atom. The second-order valence-corrected chi connectivity index (χ2v) is 8.94. The Kier molecular flexibility index (Phi) is 6.50. The molecule has 0 radical (unpaired) electrons. The summed E-state index contributed by atoms with van der Waals surface area (Å²) in [5.41, 5.74) is 2.19. The predicted molar refractivity (Wildman–Crippen MR) is 141 cm³/mol. The molecule has 3 aromatic rings. The van der Waals surface area contributed by atoms with Crippen molar-refractivity contribution in [2.24, 2.45) is 0 Å². The first-order chi connectivity index (χ1) is 18.3. The first-order valence-corrected chi connectivity index (χ1v) is 12.0. The van der Waals surface area contributed by atoms with E-state index in [0.29, 0.717) is 41.5 Å². The fourth-order valence-corrected chi connectivity index (χ4v) is 4.75. The summed E-state index contributed by atoms with van der Waals surface area (Å²) >= 11 is 0. The van der Waals surface area contributed by atoms with E-state index >= 15 is 0 Å². The Morgan fingerprint density at radius 2 is 1.76 bits per heavy atom. The average Bonchev–Trinajstić information content (AvgIpc) is 3.22. The summed E-state index contributed by atoms with van der Waals surface area (Å²) in [7, 11) is 4.71. The number of rotatable bonds is 5. The quantitative estimate of drug-likeness (QED) is 0.236. The van der Waals surface area contributed by atoms with Gasteiger partial charge in [-0.15, -0.1) is 0 Å². The van der Waals surface area contributed by atoms with Crippen LogP contribution in [0.25, 0.3) is 5.76 Å². The number of amides is 1. The van der Waals surface area contributed by atoms with E-state index in [-0.39, 0.29) is 16.9 Å². The summed E-state index contributed by atoms with van der Waals surface area (Å²) in [6, 6.07) is 17.3. The molecular weight excluding hydrogens is 488 g/mol. The van der Waals surface area contributed by atoms with E-state index in [1.165, 1.54) is 25.2 Å². The number of Topliss-reactive ketones (excluding diaryl/α,β-unsaturated/α-hetero) is 1. The van der Waals surface area contributed by atoms with Crippen molar-refractivity contribution in [1.29, 1.82) is 0 Å². The molecule has 38 heavy (non-hydrogen) atoms. The highest BCUT2D eigenvalue weighted by molar-refractivity contribution is 6.51. The molecule has 1 saturated heterocycles. The first kappa shape index (κ1) is 24.9. The van der Waals surface area contributed by atoms with Crippen LogP contribution in [0.4, 0.5) is 11.4 Å². The molecule has 9 nitrogen and oxygen atoms in total. The lowest BCUT2D eigenvalue weighted by atomic mass is 9.94. The minimum Gasteiger partial charge on any atom is -0.507 e. The van der Waals surface area contributed by atoms with E-state index in [1.807, 2.05) is 11.9 Å². The maximum Gasteiger partial charge on any atom is 0.337 e. The van der Waals surface area contributed by atoms with Crippen molar-refractivity contribution >= 4 is 34.8 Å². The minimum absolute atomic E-state index is 0.0667. The lowest BCUT2D eigenvalue weighted by Crippen LogP contribution is -2.29. The van der Waals surface area contributed by atoms with Crippen LogP contribution in [0.1, 0.15) is 27.5 Å². The molecule has 3 aromatic carbocycles. The van der Waals surface area contributed by atoms with E-state index in [2.05, 4.69) is 0 Å². The molecule has 2 aliphatic rings. The van der Waals surface area contributed by atoms with E-state index < -0.39 is 23.7 Å². The summed E-state index contributed by atoms with van der Waals surface area (Å²) in [4.78, 5) is 42.4. The third kappa shape index (κ3) is 4.21. The number of methoxy groups -OCH3 is 2. The van der Waals surface area contributed by atoms with Crippen LogP contribution in [0.3, 0.4) is 0 Å².